The highest BCUT2D eigenvalue weighted by Gasteiger charge is 1.91. The highest BCUT2D eigenvalue weighted by atomic mass is 16.3. The summed E-state index contributed by atoms with van der Waals surface area (Å²) in [6.45, 7) is 0. The fourth-order valence-electron chi connectivity index (χ4n) is 0.750. The molecule has 0 aliphatic rings. The fourth-order valence-corrected chi connectivity index (χ4v) is 0.750. The third-order valence-electron chi connectivity index (χ3n) is 1.18. The molecule has 0 saturated carbocycles. The standard InChI is InChI=1S/C7H4NO/c1-3-8-5-7-6(1)2-4-9-7/h1,3-5H. The molecule has 0 aromatic carbocycles. The Kier molecular flexibility index (Phi) is 0.803. The maximum Gasteiger partial charge on any atom is 0.152 e. The Morgan fingerprint density at radius 2 is 2.56 bits per heavy atom. The molecule has 43 valence electrons. The molecule has 2 aromatic rings. The second-order valence-corrected chi connectivity index (χ2v) is 1.75. The molecule has 0 aliphatic heterocycles. The summed E-state index contributed by atoms with van der Waals surface area (Å²) in [4.78, 5) is 3.87. The van der Waals surface area contributed by atoms with E-state index in [9.17, 15) is 0 Å². The van der Waals surface area contributed by atoms with Crippen molar-refractivity contribution >= 4 is 11.0 Å². The van der Waals surface area contributed by atoms with E-state index >= 15 is 0 Å². The molecule has 0 amide bonds. The van der Waals surface area contributed by atoms with E-state index in [1.54, 1.807) is 12.4 Å². The van der Waals surface area contributed by atoms with Gasteiger partial charge in [-0.1, -0.05) is 0 Å². The Hall–Kier alpha value is -1.31. The summed E-state index contributed by atoms with van der Waals surface area (Å²) in [6, 6.07) is 4.77. The van der Waals surface area contributed by atoms with Gasteiger partial charge in [0.15, 0.2) is 5.58 Å². The molecule has 0 fully saturated rings. The molecule has 9 heavy (non-hydrogen) atoms. The van der Waals surface area contributed by atoms with E-state index in [1.807, 2.05) is 6.07 Å². The first-order valence-electron chi connectivity index (χ1n) is 2.66. The number of aromatic nitrogens is 1. The van der Waals surface area contributed by atoms with E-state index in [1.165, 1.54) is 6.26 Å². The maximum absolute atomic E-state index is 5.00. The van der Waals surface area contributed by atoms with E-state index in [4.69, 9.17) is 4.42 Å². The van der Waals surface area contributed by atoms with E-state index in [-0.39, 0.29) is 0 Å². The maximum atomic E-state index is 5.00. The molecule has 0 spiro atoms. The Morgan fingerprint density at radius 3 is 3.44 bits per heavy atom. The van der Waals surface area contributed by atoms with Crippen molar-refractivity contribution in [3.63, 3.8) is 0 Å². The van der Waals surface area contributed by atoms with Crippen LogP contribution in [0.3, 0.4) is 0 Å². The molecule has 2 heteroatoms. The molecule has 0 aliphatic carbocycles. The minimum atomic E-state index is 0.789. The van der Waals surface area contributed by atoms with Gasteiger partial charge < -0.3 is 4.42 Å². The monoisotopic (exact) mass is 118 g/mol. The molecule has 1 radical (unpaired) electrons. The lowest BCUT2D eigenvalue weighted by Gasteiger charge is -1.80. The second kappa shape index (κ2) is 1.58. The number of fused-ring (bicyclic) bond motifs is 1. The number of hydrogen-bond acceptors (Lipinski definition) is 2. The topological polar surface area (TPSA) is 26.0 Å². The summed E-state index contributed by atoms with van der Waals surface area (Å²) in [5.74, 6) is 0. The predicted octanol–water partition coefficient (Wildman–Crippen LogP) is 1.63. The predicted molar refractivity (Wildman–Crippen MR) is 32.8 cm³/mol. The van der Waals surface area contributed by atoms with Crippen molar-refractivity contribution in [2.75, 3.05) is 0 Å². The fraction of sp³-hybridized carbons (Fsp3) is 0. The van der Waals surface area contributed by atoms with Gasteiger partial charge in [-0.2, -0.15) is 0 Å². The van der Waals surface area contributed by atoms with Gasteiger partial charge in [0, 0.05) is 17.6 Å². The Morgan fingerprint density at radius 1 is 1.56 bits per heavy atom. The van der Waals surface area contributed by atoms with Crippen LogP contribution in [0.4, 0.5) is 0 Å². The van der Waals surface area contributed by atoms with Crippen LogP contribution in [-0.2, 0) is 0 Å². The summed E-state index contributed by atoms with van der Waals surface area (Å²) in [5, 5.41) is 0.977. The third-order valence-corrected chi connectivity index (χ3v) is 1.18. The van der Waals surface area contributed by atoms with Crippen molar-refractivity contribution in [2.24, 2.45) is 0 Å². The van der Waals surface area contributed by atoms with Gasteiger partial charge in [-0.3, -0.25) is 4.98 Å². The molecular formula is C7H4NO. The van der Waals surface area contributed by atoms with E-state index in [2.05, 4.69) is 11.1 Å². The van der Waals surface area contributed by atoms with Crippen LogP contribution in [0.1, 0.15) is 0 Å². The third kappa shape index (κ3) is 0.598. The van der Waals surface area contributed by atoms with Crippen LogP contribution < -0.4 is 0 Å². The lowest BCUT2D eigenvalue weighted by atomic mass is 10.3. The quantitative estimate of drug-likeness (QED) is 0.525. The van der Waals surface area contributed by atoms with Gasteiger partial charge in [-0.15, -0.1) is 0 Å². The Labute approximate surface area is 52.1 Å². The largest absolute Gasteiger partial charge is 0.462 e. The highest BCUT2D eigenvalue weighted by molar-refractivity contribution is 5.74. The molecule has 0 bridgehead atoms. The first-order valence-corrected chi connectivity index (χ1v) is 2.66. The van der Waals surface area contributed by atoms with Crippen LogP contribution in [0.15, 0.2) is 29.1 Å². The zero-order valence-electron chi connectivity index (χ0n) is 4.66. The van der Waals surface area contributed by atoms with E-state index in [0.29, 0.717) is 0 Å². The first kappa shape index (κ1) is 4.56. The van der Waals surface area contributed by atoms with Gasteiger partial charge in [0.05, 0.1) is 12.5 Å². The number of rotatable bonds is 0. The number of hydrogen-bond donors (Lipinski definition) is 0. The summed E-state index contributed by atoms with van der Waals surface area (Å²) >= 11 is 0. The second-order valence-electron chi connectivity index (χ2n) is 1.75. The van der Waals surface area contributed by atoms with Crippen molar-refractivity contribution in [3.05, 3.63) is 30.8 Å². The molecule has 0 unspecified atom stereocenters. The lowest BCUT2D eigenvalue weighted by molar-refractivity contribution is 0.613. The smallest absolute Gasteiger partial charge is 0.152 e. The zero-order valence-corrected chi connectivity index (χ0v) is 4.66. The summed E-state index contributed by atoms with van der Waals surface area (Å²) in [5.41, 5.74) is 0.789. The van der Waals surface area contributed by atoms with Gasteiger partial charge in [-0.05, 0) is 6.07 Å². The Bertz CT molecular complexity index is 283. The van der Waals surface area contributed by atoms with Crippen LogP contribution in [0.25, 0.3) is 11.0 Å². The highest BCUT2D eigenvalue weighted by Crippen LogP contribution is 2.10. The van der Waals surface area contributed by atoms with Crippen LogP contribution in [-0.4, -0.2) is 4.98 Å². The van der Waals surface area contributed by atoms with Gasteiger partial charge in [0.1, 0.15) is 0 Å². The number of pyridine rings is 1. The SMILES string of the molecule is [c]1coc2cnccc12. The minimum absolute atomic E-state index is 0.789. The summed E-state index contributed by atoms with van der Waals surface area (Å²) < 4.78 is 5.00. The lowest BCUT2D eigenvalue weighted by Crippen LogP contribution is -1.65. The van der Waals surface area contributed by atoms with Gasteiger partial charge in [0.25, 0.3) is 0 Å². The van der Waals surface area contributed by atoms with Crippen molar-refractivity contribution in [1.82, 2.24) is 4.98 Å². The number of furan rings is 1. The molecule has 2 aromatic heterocycles. The van der Waals surface area contributed by atoms with Crippen LogP contribution in [0, 0.1) is 6.07 Å². The van der Waals surface area contributed by atoms with Gasteiger partial charge in [0.2, 0.25) is 0 Å². The van der Waals surface area contributed by atoms with E-state index in [0.717, 1.165) is 11.0 Å². The van der Waals surface area contributed by atoms with Crippen LogP contribution in [0.5, 0.6) is 0 Å². The minimum Gasteiger partial charge on any atom is -0.462 e. The van der Waals surface area contributed by atoms with Gasteiger partial charge in [-0.25, -0.2) is 0 Å². The molecular weight excluding hydrogens is 114 g/mol. The van der Waals surface area contributed by atoms with Crippen molar-refractivity contribution < 1.29 is 4.42 Å². The van der Waals surface area contributed by atoms with Crippen molar-refractivity contribution in [1.29, 1.82) is 0 Å². The molecule has 2 heterocycles. The van der Waals surface area contributed by atoms with Crippen molar-refractivity contribution in [3.8, 4) is 0 Å². The first-order chi connectivity index (χ1) is 4.47. The average Bonchev–Trinajstić information content (AvgIpc) is 2.33. The number of nitrogens with zero attached hydrogens (tertiary/aromatic N) is 1. The molecule has 0 saturated heterocycles. The normalized spacial score (nSPS) is 10.2. The molecule has 2 rings (SSSR count). The molecule has 0 atom stereocenters. The zero-order chi connectivity index (χ0) is 6.10. The average molecular weight is 118 g/mol. The van der Waals surface area contributed by atoms with Crippen LogP contribution >= 0.6 is 0 Å². The summed E-state index contributed by atoms with van der Waals surface area (Å²) in [6.07, 6.45) is 4.92. The summed E-state index contributed by atoms with van der Waals surface area (Å²) in [7, 11) is 0. The molecule has 0 N–H and O–H groups in total. The van der Waals surface area contributed by atoms with Crippen molar-refractivity contribution in [2.45, 2.75) is 0 Å². The van der Waals surface area contributed by atoms with Crippen LogP contribution in [0.2, 0.25) is 0 Å². The van der Waals surface area contributed by atoms with E-state index < -0.39 is 0 Å². The Balaban J connectivity index is 2.95. The molecule has 2 nitrogen and oxygen atoms in total. The van der Waals surface area contributed by atoms with Gasteiger partial charge >= 0.3 is 0 Å².